The van der Waals surface area contributed by atoms with Gasteiger partial charge in [-0.25, -0.2) is 14.2 Å². The molecule has 0 aliphatic rings. The van der Waals surface area contributed by atoms with Crippen molar-refractivity contribution in [1.29, 1.82) is 0 Å². The number of halogens is 1. The molecule has 0 saturated carbocycles. The number of nitrogens with one attached hydrogen (secondary N) is 1. The summed E-state index contributed by atoms with van der Waals surface area (Å²) < 4.78 is 17.9. The lowest BCUT2D eigenvalue weighted by molar-refractivity contribution is 0.0601. The van der Waals surface area contributed by atoms with Crippen molar-refractivity contribution in [1.82, 2.24) is 14.9 Å². The Bertz CT molecular complexity index is 1110. The summed E-state index contributed by atoms with van der Waals surface area (Å²) in [4.78, 5) is 33.6. The average molecular weight is 427 g/mol. The Hall–Kier alpha value is -3.10. The zero-order chi connectivity index (χ0) is 22.5. The highest BCUT2D eigenvalue weighted by molar-refractivity contribution is 5.93. The van der Waals surface area contributed by atoms with Crippen LogP contribution < -0.4 is 5.56 Å². The van der Waals surface area contributed by atoms with Crippen LogP contribution in [0.2, 0.25) is 0 Å². The summed E-state index contributed by atoms with van der Waals surface area (Å²) in [6.07, 6.45) is -0.822. The van der Waals surface area contributed by atoms with Crippen molar-refractivity contribution in [2.24, 2.45) is 5.92 Å². The number of esters is 1. The maximum atomic E-state index is 13.2. The molecule has 1 unspecified atom stereocenters. The molecule has 0 aliphatic heterocycles. The molecule has 164 valence electrons. The van der Waals surface area contributed by atoms with Gasteiger partial charge in [-0.15, -0.1) is 0 Å². The van der Waals surface area contributed by atoms with Gasteiger partial charge < -0.3 is 14.8 Å². The number of carbonyl (C=O) groups excluding carboxylic acids is 1. The molecule has 3 aromatic rings. The summed E-state index contributed by atoms with van der Waals surface area (Å²) in [6, 6.07) is 10.3. The fourth-order valence-electron chi connectivity index (χ4n) is 3.47. The number of ether oxygens (including phenoxy) is 1. The van der Waals surface area contributed by atoms with Gasteiger partial charge in [0.1, 0.15) is 11.6 Å². The number of hydrogen-bond acceptors (Lipinski definition) is 6. The molecule has 8 heteroatoms. The van der Waals surface area contributed by atoms with Crippen LogP contribution >= 0.6 is 0 Å². The minimum atomic E-state index is -0.822. The maximum Gasteiger partial charge on any atom is 0.337 e. The molecule has 1 atom stereocenters. The number of benzene rings is 2. The molecule has 7 nitrogen and oxygen atoms in total. The number of fused-ring (bicyclic) bond motifs is 1. The molecule has 1 heterocycles. The number of aliphatic hydroxyl groups is 1. The predicted octanol–water partition coefficient (Wildman–Crippen LogP) is 3.04. The number of rotatable bonds is 8. The first-order valence-corrected chi connectivity index (χ1v) is 10.0. The van der Waals surface area contributed by atoms with E-state index in [0.29, 0.717) is 46.9 Å². The zero-order valence-corrected chi connectivity index (χ0v) is 17.8. The standard InChI is InChI=1S/C23H26FN3O4/c1-14(2)11-27(12-20(28)15-4-7-17(24)8-5-15)13-21-25-19-10-16(23(30)31-3)6-9-18(19)22(29)26-21/h4-10,14,20,28H,11-13H2,1-3H3,(H,25,26,29). The molecule has 2 aromatic carbocycles. The quantitative estimate of drug-likeness (QED) is 0.537. The van der Waals surface area contributed by atoms with Gasteiger partial charge in [0.15, 0.2) is 0 Å². The Morgan fingerprint density at radius 1 is 1.19 bits per heavy atom. The molecule has 0 aliphatic carbocycles. The molecular formula is C23H26FN3O4. The first-order valence-electron chi connectivity index (χ1n) is 10.0. The van der Waals surface area contributed by atoms with Crippen LogP contribution in [0.25, 0.3) is 10.9 Å². The molecule has 1 aromatic heterocycles. The lowest BCUT2D eigenvalue weighted by Gasteiger charge is -2.26. The van der Waals surface area contributed by atoms with Gasteiger partial charge >= 0.3 is 5.97 Å². The first-order chi connectivity index (χ1) is 14.8. The summed E-state index contributed by atoms with van der Waals surface area (Å²) in [5.41, 5.74) is 1.01. The molecule has 2 N–H and O–H groups in total. The predicted molar refractivity (Wildman–Crippen MR) is 115 cm³/mol. The van der Waals surface area contributed by atoms with Crippen molar-refractivity contribution in [2.75, 3.05) is 20.2 Å². The molecule has 0 bridgehead atoms. The van der Waals surface area contributed by atoms with Crippen molar-refractivity contribution in [3.8, 4) is 0 Å². The molecule has 0 fully saturated rings. The fourth-order valence-corrected chi connectivity index (χ4v) is 3.47. The van der Waals surface area contributed by atoms with Crippen LogP contribution in [0.4, 0.5) is 4.39 Å². The smallest absolute Gasteiger partial charge is 0.337 e. The van der Waals surface area contributed by atoms with E-state index in [9.17, 15) is 19.1 Å². The van der Waals surface area contributed by atoms with Gasteiger partial charge in [0.2, 0.25) is 0 Å². The molecule has 0 amide bonds. The highest BCUT2D eigenvalue weighted by Crippen LogP contribution is 2.18. The molecule has 0 saturated heterocycles. The average Bonchev–Trinajstić information content (AvgIpc) is 2.72. The number of aromatic nitrogens is 2. The van der Waals surface area contributed by atoms with E-state index in [4.69, 9.17) is 4.74 Å². The Kier molecular flexibility index (Phi) is 7.14. The summed E-state index contributed by atoms with van der Waals surface area (Å²) in [6.45, 7) is 5.34. The summed E-state index contributed by atoms with van der Waals surface area (Å²) >= 11 is 0. The number of aliphatic hydroxyl groups excluding tert-OH is 1. The third-order valence-electron chi connectivity index (χ3n) is 4.86. The first kappa shape index (κ1) is 22.6. The van der Waals surface area contributed by atoms with Crippen molar-refractivity contribution in [2.45, 2.75) is 26.5 Å². The number of aromatic amines is 1. The van der Waals surface area contributed by atoms with Crippen LogP contribution in [-0.4, -0.2) is 46.1 Å². The van der Waals surface area contributed by atoms with Gasteiger partial charge in [-0.05, 0) is 41.8 Å². The minimum absolute atomic E-state index is 0.285. The second kappa shape index (κ2) is 9.80. The van der Waals surface area contributed by atoms with Crippen molar-refractivity contribution in [3.63, 3.8) is 0 Å². The summed E-state index contributed by atoms with van der Waals surface area (Å²) in [5, 5.41) is 11.0. The Morgan fingerprint density at radius 2 is 1.90 bits per heavy atom. The van der Waals surface area contributed by atoms with E-state index < -0.39 is 12.1 Å². The second-order valence-corrected chi connectivity index (χ2v) is 7.89. The fraction of sp³-hybridized carbons (Fsp3) is 0.348. The van der Waals surface area contributed by atoms with E-state index in [-0.39, 0.29) is 17.9 Å². The van der Waals surface area contributed by atoms with Crippen LogP contribution in [-0.2, 0) is 11.3 Å². The van der Waals surface area contributed by atoms with Crippen LogP contribution in [0.3, 0.4) is 0 Å². The van der Waals surface area contributed by atoms with Crippen molar-refractivity contribution < 1.29 is 19.0 Å². The van der Waals surface area contributed by atoms with Gasteiger partial charge in [0, 0.05) is 13.1 Å². The topological polar surface area (TPSA) is 95.5 Å². The largest absolute Gasteiger partial charge is 0.465 e. The number of methoxy groups -OCH3 is 1. The Morgan fingerprint density at radius 3 is 2.55 bits per heavy atom. The van der Waals surface area contributed by atoms with E-state index in [1.807, 2.05) is 4.90 Å². The van der Waals surface area contributed by atoms with Crippen LogP contribution in [0.15, 0.2) is 47.3 Å². The van der Waals surface area contributed by atoms with E-state index >= 15 is 0 Å². The zero-order valence-electron chi connectivity index (χ0n) is 17.8. The Balaban J connectivity index is 1.86. The molecule has 0 spiro atoms. The van der Waals surface area contributed by atoms with Crippen LogP contribution in [0.5, 0.6) is 0 Å². The van der Waals surface area contributed by atoms with Gasteiger partial charge in [-0.2, -0.15) is 0 Å². The number of nitrogens with zero attached hydrogens (tertiary/aromatic N) is 2. The molecule has 3 rings (SSSR count). The van der Waals surface area contributed by atoms with Crippen LogP contribution in [0.1, 0.15) is 41.7 Å². The SMILES string of the molecule is COC(=O)c1ccc2c(=O)[nH]c(CN(CC(C)C)CC(O)c3ccc(F)cc3)nc2c1. The molecule has 31 heavy (non-hydrogen) atoms. The lowest BCUT2D eigenvalue weighted by Crippen LogP contribution is -2.33. The number of carbonyl (C=O) groups is 1. The maximum absolute atomic E-state index is 13.2. The van der Waals surface area contributed by atoms with Crippen LogP contribution in [0, 0.1) is 11.7 Å². The molecule has 0 radical (unpaired) electrons. The summed E-state index contributed by atoms with van der Waals surface area (Å²) in [7, 11) is 1.29. The third kappa shape index (κ3) is 5.74. The van der Waals surface area contributed by atoms with Gasteiger partial charge in [-0.1, -0.05) is 26.0 Å². The number of hydrogen-bond donors (Lipinski definition) is 2. The van der Waals surface area contributed by atoms with Crippen molar-refractivity contribution >= 4 is 16.9 Å². The van der Waals surface area contributed by atoms with Crippen molar-refractivity contribution in [3.05, 3.63) is 75.6 Å². The van der Waals surface area contributed by atoms with Gasteiger partial charge in [-0.3, -0.25) is 9.69 Å². The lowest BCUT2D eigenvalue weighted by atomic mass is 10.1. The molecular weight excluding hydrogens is 401 g/mol. The Labute approximate surface area is 179 Å². The van der Waals surface area contributed by atoms with E-state index in [2.05, 4.69) is 23.8 Å². The second-order valence-electron chi connectivity index (χ2n) is 7.89. The highest BCUT2D eigenvalue weighted by Gasteiger charge is 2.17. The summed E-state index contributed by atoms with van der Waals surface area (Å²) in [5.74, 6) is -0.140. The third-order valence-corrected chi connectivity index (χ3v) is 4.86. The van der Waals surface area contributed by atoms with E-state index in [0.717, 1.165) is 0 Å². The number of H-pyrrole nitrogens is 1. The normalized spacial score (nSPS) is 12.5. The van der Waals surface area contributed by atoms with E-state index in [1.54, 1.807) is 18.2 Å². The minimum Gasteiger partial charge on any atom is -0.465 e. The monoisotopic (exact) mass is 427 g/mol. The highest BCUT2D eigenvalue weighted by atomic mass is 19.1. The van der Waals surface area contributed by atoms with Gasteiger partial charge in [0.25, 0.3) is 5.56 Å². The van der Waals surface area contributed by atoms with Gasteiger partial charge in [0.05, 0.1) is 36.2 Å². The van der Waals surface area contributed by atoms with E-state index in [1.165, 1.54) is 31.4 Å².